The molecule has 7 nitrogen and oxygen atoms in total. The topological polar surface area (TPSA) is 101 Å². The number of nitrogens with zero attached hydrogens (tertiary/aromatic N) is 4. The Labute approximate surface area is 129 Å². The van der Waals surface area contributed by atoms with Crippen molar-refractivity contribution >= 4 is 17.1 Å². The highest BCUT2D eigenvalue weighted by molar-refractivity contribution is 5.91. The van der Waals surface area contributed by atoms with Crippen molar-refractivity contribution in [3.63, 3.8) is 0 Å². The van der Waals surface area contributed by atoms with Crippen LogP contribution in [0.15, 0.2) is 45.8 Å². The Morgan fingerprint density at radius 2 is 1.41 bits per heavy atom. The molecular weight excluding hydrogens is 284 g/mol. The molecule has 0 saturated carbocycles. The van der Waals surface area contributed by atoms with Crippen molar-refractivity contribution in [2.75, 3.05) is 19.6 Å². The van der Waals surface area contributed by atoms with E-state index in [0.29, 0.717) is 43.2 Å². The first-order valence-electron chi connectivity index (χ1n) is 6.90. The quantitative estimate of drug-likeness (QED) is 0.389. The summed E-state index contributed by atoms with van der Waals surface area (Å²) in [5.41, 5.74) is 2.64. The van der Waals surface area contributed by atoms with E-state index >= 15 is 0 Å². The van der Waals surface area contributed by atoms with Gasteiger partial charge in [0.1, 0.15) is 0 Å². The molecule has 0 aliphatic carbocycles. The van der Waals surface area contributed by atoms with Crippen molar-refractivity contribution in [3.8, 4) is 0 Å². The molecule has 0 fully saturated rings. The summed E-state index contributed by atoms with van der Waals surface area (Å²) in [5, 5.41) is 36.5. The molecule has 0 saturated heterocycles. The lowest BCUT2D eigenvalue weighted by Gasteiger charge is -2.21. The summed E-state index contributed by atoms with van der Waals surface area (Å²) in [6, 6.07) is 9.68. The van der Waals surface area contributed by atoms with E-state index in [0.717, 1.165) is 5.56 Å². The summed E-state index contributed by atoms with van der Waals surface area (Å²) < 4.78 is 0. The molecule has 0 spiro atoms. The third kappa shape index (κ3) is 6.36. The maximum Gasteiger partial charge on any atom is 0.0754 e. The molecule has 0 bridgehead atoms. The number of hydrogen-bond acceptors (Lipinski definition) is 7. The van der Waals surface area contributed by atoms with Crippen molar-refractivity contribution in [2.24, 2.45) is 15.5 Å². The summed E-state index contributed by atoms with van der Waals surface area (Å²) in [4.78, 5) is 1.86. The Kier molecular flexibility index (Phi) is 7.63. The van der Waals surface area contributed by atoms with Crippen LogP contribution in [0.2, 0.25) is 0 Å². The molecule has 0 atom stereocenters. The zero-order valence-corrected chi connectivity index (χ0v) is 12.8. The minimum atomic E-state index is 0.366. The molecule has 120 valence electrons. The van der Waals surface area contributed by atoms with E-state index in [2.05, 4.69) is 15.5 Å². The minimum absolute atomic E-state index is 0.366. The first-order chi connectivity index (χ1) is 10.6. The van der Waals surface area contributed by atoms with E-state index < -0.39 is 0 Å². The van der Waals surface area contributed by atoms with Crippen molar-refractivity contribution in [1.29, 1.82) is 0 Å². The molecule has 0 aliphatic heterocycles. The van der Waals surface area contributed by atoms with Gasteiger partial charge in [-0.15, -0.1) is 0 Å². The second kappa shape index (κ2) is 9.51. The molecular formula is C15H22N4O3. The lowest BCUT2D eigenvalue weighted by molar-refractivity contribution is 0.300. The van der Waals surface area contributed by atoms with Crippen LogP contribution in [-0.2, 0) is 6.42 Å². The maximum atomic E-state index is 9.22. The zero-order chi connectivity index (χ0) is 16.4. The average molecular weight is 306 g/mol. The van der Waals surface area contributed by atoms with E-state index in [-0.39, 0.29) is 0 Å². The van der Waals surface area contributed by atoms with Gasteiger partial charge in [-0.3, -0.25) is 4.90 Å². The van der Waals surface area contributed by atoms with Gasteiger partial charge in [0.25, 0.3) is 0 Å². The summed E-state index contributed by atoms with van der Waals surface area (Å²) in [7, 11) is 0. The normalized spacial score (nSPS) is 13.7. The maximum absolute atomic E-state index is 9.22. The summed E-state index contributed by atoms with van der Waals surface area (Å²) in [6.07, 6.45) is 0.512. The fourth-order valence-corrected chi connectivity index (χ4v) is 2.09. The highest BCUT2D eigenvalue weighted by Gasteiger charge is 2.13. The van der Waals surface area contributed by atoms with Gasteiger partial charge in [0, 0.05) is 26.1 Å². The Balaban J connectivity index is 2.76. The third-order valence-corrected chi connectivity index (χ3v) is 3.04. The molecule has 0 heterocycles. The van der Waals surface area contributed by atoms with E-state index in [9.17, 15) is 5.21 Å². The number of benzene rings is 1. The van der Waals surface area contributed by atoms with Crippen molar-refractivity contribution in [2.45, 2.75) is 20.3 Å². The molecule has 0 unspecified atom stereocenters. The van der Waals surface area contributed by atoms with Gasteiger partial charge in [0.05, 0.1) is 17.1 Å². The van der Waals surface area contributed by atoms with Gasteiger partial charge in [-0.2, -0.15) is 0 Å². The Hall–Kier alpha value is -2.41. The fourth-order valence-electron chi connectivity index (χ4n) is 2.09. The molecule has 7 heteroatoms. The Bertz CT molecular complexity index is 521. The monoisotopic (exact) mass is 306 g/mol. The van der Waals surface area contributed by atoms with Crippen LogP contribution in [0.1, 0.15) is 19.4 Å². The fraction of sp³-hybridized carbons (Fsp3) is 0.400. The number of hydrogen-bond donors (Lipinski definition) is 3. The molecule has 1 aromatic carbocycles. The van der Waals surface area contributed by atoms with Gasteiger partial charge in [0.15, 0.2) is 0 Å². The van der Waals surface area contributed by atoms with Crippen LogP contribution >= 0.6 is 0 Å². The molecule has 1 rings (SSSR count). The first-order valence-corrected chi connectivity index (χ1v) is 6.90. The third-order valence-electron chi connectivity index (χ3n) is 3.04. The van der Waals surface area contributed by atoms with Crippen LogP contribution in [0.5, 0.6) is 0 Å². The number of rotatable bonds is 8. The van der Waals surface area contributed by atoms with Gasteiger partial charge in [-0.1, -0.05) is 45.8 Å². The van der Waals surface area contributed by atoms with Gasteiger partial charge < -0.3 is 15.6 Å². The van der Waals surface area contributed by atoms with Crippen molar-refractivity contribution < 1.29 is 15.6 Å². The van der Waals surface area contributed by atoms with Gasteiger partial charge in [-0.25, -0.2) is 0 Å². The minimum Gasteiger partial charge on any atom is -0.411 e. The predicted molar refractivity (Wildman–Crippen MR) is 85.6 cm³/mol. The second-order valence-corrected chi connectivity index (χ2v) is 5.14. The summed E-state index contributed by atoms with van der Waals surface area (Å²) in [5.74, 6) is 0. The van der Waals surface area contributed by atoms with Crippen molar-refractivity contribution in [3.05, 3.63) is 35.9 Å². The van der Waals surface area contributed by atoms with E-state index in [1.165, 1.54) is 0 Å². The molecule has 0 radical (unpaired) electrons. The molecule has 0 amide bonds. The summed E-state index contributed by atoms with van der Waals surface area (Å²) in [6.45, 7) is 4.48. The second-order valence-electron chi connectivity index (χ2n) is 5.14. The Morgan fingerprint density at radius 3 is 1.86 bits per heavy atom. The summed E-state index contributed by atoms with van der Waals surface area (Å²) >= 11 is 0. The van der Waals surface area contributed by atoms with Gasteiger partial charge in [-0.05, 0) is 19.4 Å². The molecule has 22 heavy (non-hydrogen) atoms. The lowest BCUT2D eigenvalue weighted by Crippen LogP contribution is -2.37. The lowest BCUT2D eigenvalue weighted by atomic mass is 10.1. The molecule has 3 N–H and O–H groups in total. The van der Waals surface area contributed by atoms with Gasteiger partial charge in [0.2, 0.25) is 0 Å². The average Bonchev–Trinajstić information content (AvgIpc) is 2.54. The largest absolute Gasteiger partial charge is 0.411 e. The zero-order valence-electron chi connectivity index (χ0n) is 12.8. The van der Waals surface area contributed by atoms with E-state index in [1.807, 2.05) is 35.2 Å². The Morgan fingerprint density at radius 1 is 0.864 bits per heavy atom. The first kappa shape index (κ1) is 17.6. The predicted octanol–water partition coefficient (Wildman–Crippen LogP) is 2.06. The standard InChI is InChI=1S/C15H22N4O3/c1-12(16-20)9-19(10-13(2)17-21)11-15(18-22)8-14-6-4-3-5-7-14/h3-7,20-22H,8-11H2,1-2H3/b16-12+,17-13+,18-15-. The van der Waals surface area contributed by atoms with Crippen LogP contribution in [-0.4, -0.2) is 57.3 Å². The smallest absolute Gasteiger partial charge is 0.0754 e. The SMILES string of the molecule is C/C(CN(C/C(Cc1ccccc1)=N\O)C/C(C)=N/O)=N\O. The van der Waals surface area contributed by atoms with Crippen LogP contribution in [0.4, 0.5) is 0 Å². The number of oxime groups is 3. The van der Waals surface area contributed by atoms with Crippen LogP contribution < -0.4 is 0 Å². The molecule has 1 aromatic rings. The molecule has 0 aliphatic rings. The highest BCUT2D eigenvalue weighted by atomic mass is 16.4. The van der Waals surface area contributed by atoms with Gasteiger partial charge >= 0.3 is 0 Å². The van der Waals surface area contributed by atoms with E-state index in [4.69, 9.17) is 10.4 Å². The molecule has 0 aromatic heterocycles. The van der Waals surface area contributed by atoms with Crippen LogP contribution in [0, 0.1) is 0 Å². The van der Waals surface area contributed by atoms with Crippen LogP contribution in [0.3, 0.4) is 0 Å². The van der Waals surface area contributed by atoms with E-state index in [1.54, 1.807) is 13.8 Å². The van der Waals surface area contributed by atoms with Crippen molar-refractivity contribution in [1.82, 2.24) is 4.90 Å². The van der Waals surface area contributed by atoms with Crippen LogP contribution in [0.25, 0.3) is 0 Å². The highest BCUT2D eigenvalue weighted by Crippen LogP contribution is 2.03.